The van der Waals surface area contributed by atoms with Crippen LogP contribution in [0.2, 0.25) is 5.15 Å². The molecule has 2 nitrogen and oxygen atoms in total. The lowest BCUT2D eigenvalue weighted by Crippen LogP contribution is -2.00. The van der Waals surface area contributed by atoms with E-state index in [9.17, 15) is 8.78 Å². The average molecular weight is 334 g/mol. The van der Waals surface area contributed by atoms with E-state index in [0.717, 1.165) is 6.07 Å². The largest absolute Gasteiger partial charge is 0.248 e. The zero-order valence-electron chi connectivity index (χ0n) is 9.56. The highest BCUT2D eigenvalue weighted by Gasteiger charge is 2.19. The van der Waals surface area contributed by atoms with E-state index in [1.54, 1.807) is 13.8 Å². The highest BCUT2D eigenvalue weighted by atomic mass is 79.9. The predicted octanol–water partition coefficient (Wildman–Crippen LogP) is 4.45. The fourth-order valence-electron chi connectivity index (χ4n) is 1.48. The Morgan fingerprint density at radius 2 is 1.72 bits per heavy atom. The van der Waals surface area contributed by atoms with Gasteiger partial charge in [-0.15, -0.1) is 0 Å². The highest BCUT2D eigenvalue weighted by molar-refractivity contribution is 9.10. The molecule has 0 spiro atoms. The predicted molar refractivity (Wildman–Crippen MR) is 69.6 cm³/mol. The Balaban J connectivity index is 2.77. The Kier molecular flexibility index (Phi) is 3.64. The number of hydrogen-bond donors (Lipinski definition) is 0. The van der Waals surface area contributed by atoms with Crippen molar-refractivity contribution < 1.29 is 8.78 Å². The molecule has 6 heteroatoms. The van der Waals surface area contributed by atoms with Crippen molar-refractivity contribution >= 4 is 27.5 Å². The molecule has 18 heavy (non-hydrogen) atoms. The molecule has 0 aliphatic rings. The van der Waals surface area contributed by atoms with E-state index in [0.29, 0.717) is 11.4 Å². The maximum atomic E-state index is 13.9. The molecule has 2 aromatic rings. The van der Waals surface area contributed by atoms with Crippen LogP contribution in [0.15, 0.2) is 16.6 Å². The van der Waals surface area contributed by atoms with Crippen LogP contribution in [-0.4, -0.2) is 9.97 Å². The third-order valence-electron chi connectivity index (χ3n) is 2.55. The molecule has 0 unspecified atom stereocenters. The van der Waals surface area contributed by atoms with Crippen molar-refractivity contribution in [3.63, 3.8) is 0 Å². The fourth-order valence-corrected chi connectivity index (χ4v) is 2.07. The van der Waals surface area contributed by atoms with Gasteiger partial charge in [0.15, 0.2) is 5.15 Å². The summed E-state index contributed by atoms with van der Waals surface area (Å²) in [5.41, 5.74) is 0.939. The van der Waals surface area contributed by atoms with Crippen LogP contribution in [0.3, 0.4) is 0 Å². The van der Waals surface area contributed by atoms with Gasteiger partial charge < -0.3 is 0 Å². The van der Waals surface area contributed by atoms with Crippen molar-refractivity contribution in [1.82, 2.24) is 9.97 Å². The van der Waals surface area contributed by atoms with Gasteiger partial charge in [0.05, 0.1) is 21.4 Å². The van der Waals surface area contributed by atoms with E-state index < -0.39 is 11.6 Å². The molecule has 1 aromatic heterocycles. The first kappa shape index (κ1) is 13.4. The van der Waals surface area contributed by atoms with E-state index in [1.807, 2.05) is 0 Å². The quantitative estimate of drug-likeness (QED) is 0.720. The highest BCUT2D eigenvalue weighted by Crippen LogP contribution is 2.33. The third kappa shape index (κ3) is 2.24. The number of hydrogen-bond acceptors (Lipinski definition) is 2. The van der Waals surface area contributed by atoms with Crippen molar-refractivity contribution in [2.24, 2.45) is 0 Å². The van der Waals surface area contributed by atoms with Gasteiger partial charge in [0.2, 0.25) is 0 Å². The van der Waals surface area contributed by atoms with E-state index in [1.165, 1.54) is 6.07 Å². The minimum Gasteiger partial charge on any atom is -0.248 e. The number of rotatable bonds is 1. The van der Waals surface area contributed by atoms with Gasteiger partial charge in [0, 0.05) is 0 Å². The van der Waals surface area contributed by atoms with Crippen molar-refractivity contribution in [3.8, 4) is 11.3 Å². The normalized spacial score (nSPS) is 10.8. The molecular formula is C12H8BrClF2N2. The number of nitrogens with zero attached hydrogens (tertiary/aromatic N) is 2. The van der Waals surface area contributed by atoms with Crippen LogP contribution in [0.25, 0.3) is 11.3 Å². The molecule has 0 aliphatic carbocycles. The number of aryl methyl sites for hydroxylation is 2. The molecule has 1 heterocycles. The first-order valence-corrected chi connectivity index (χ1v) is 6.23. The van der Waals surface area contributed by atoms with Gasteiger partial charge >= 0.3 is 0 Å². The molecule has 0 fully saturated rings. The van der Waals surface area contributed by atoms with Crippen LogP contribution in [0.1, 0.15) is 11.4 Å². The Morgan fingerprint density at radius 3 is 2.39 bits per heavy atom. The van der Waals surface area contributed by atoms with Crippen LogP contribution in [-0.2, 0) is 0 Å². The zero-order chi connectivity index (χ0) is 13.4. The zero-order valence-corrected chi connectivity index (χ0v) is 11.9. The van der Waals surface area contributed by atoms with Crippen LogP contribution in [0.4, 0.5) is 8.78 Å². The van der Waals surface area contributed by atoms with E-state index in [2.05, 4.69) is 25.9 Å². The summed E-state index contributed by atoms with van der Waals surface area (Å²) in [6.45, 7) is 3.43. The first-order chi connectivity index (χ1) is 8.41. The molecule has 0 saturated heterocycles. The standard InChI is InChI=1S/C12H8BrClF2N2/c1-5-6(2)18-12(14)11(17-5)9-8(15)4-3-7(13)10(9)16/h3-4H,1-2H3. The summed E-state index contributed by atoms with van der Waals surface area (Å²) in [7, 11) is 0. The maximum absolute atomic E-state index is 13.9. The monoisotopic (exact) mass is 332 g/mol. The first-order valence-electron chi connectivity index (χ1n) is 5.06. The van der Waals surface area contributed by atoms with Gasteiger partial charge in [0.1, 0.15) is 17.3 Å². The van der Waals surface area contributed by atoms with E-state index in [4.69, 9.17) is 11.6 Å². The molecule has 0 saturated carbocycles. The van der Waals surface area contributed by atoms with Crippen LogP contribution in [0, 0.1) is 25.5 Å². The van der Waals surface area contributed by atoms with E-state index >= 15 is 0 Å². The molecule has 0 atom stereocenters. The number of benzene rings is 1. The Hall–Kier alpha value is -1.07. The summed E-state index contributed by atoms with van der Waals surface area (Å²) in [5.74, 6) is -1.47. The average Bonchev–Trinajstić information content (AvgIpc) is 2.31. The van der Waals surface area contributed by atoms with Crippen molar-refractivity contribution in [3.05, 3.63) is 44.8 Å². The summed E-state index contributed by atoms with van der Waals surface area (Å²) in [4.78, 5) is 8.13. The molecule has 0 aliphatic heterocycles. The molecule has 0 radical (unpaired) electrons. The molecule has 0 bridgehead atoms. The van der Waals surface area contributed by atoms with E-state index in [-0.39, 0.29) is 20.9 Å². The van der Waals surface area contributed by atoms with Crippen molar-refractivity contribution in [2.75, 3.05) is 0 Å². The fraction of sp³-hybridized carbons (Fsp3) is 0.167. The molecule has 2 rings (SSSR count). The Bertz CT molecular complexity index is 632. The minimum atomic E-state index is -0.741. The molecule has 0 N–H and O–H groups in total. The van der Waals surface area contributed by atoms with Gasteiger partial charge in [-0.25, -0.2) is 18.7 Å². The van der Waals surface area contributed by atoms with Gasteiger partial charge in [-0.1, -0.05) is 11.6 Å². The lowest BCUT2D eigenvalue weighted by Gasteiger charge is -2.09. The second kappa shape index (κ2) is 4.90. The van der Waals surface area contributed by atoms with Gasteiger partial charge in [-0.05, 0) is 41.9 Å². The molecule has 94 valence electrons. The number of halogens is 4. The second-order valence-corrected chi connectivity index (χ2v) is 4.96. The smallest absolute Gasteiger partial charge is 0.155 e. The minimum absolute atomic E-state index is 0.0102. The van der Waals surface area contributed by atoms with Crippen molar-refractivity contribution in [1.29, 1.82) is 0 Å². The summed E-state index contributed by atoms with van der Waals surface area (Å²) in [5, 5.41) is -0.0194. The lowest BCUT2D eigenvalue weighted by molar-refractivity contribution is 0.584. The van der Waals surface area contributed by atoms with Crippen molar-refractivity contribution in [2.45, 2.75) is 13.8 Å². The topological polar surface area (TPSA) is 25.8 Å². The maximum Gasteiger partial charge on any atom is 0.155 e. The molecule has 1 aromatic carbocycles. The third-order valence-corrected chi connectivity index (χ3v) is 3.42. The summed E-state index contributed by atoms with van der Waals surface area (Å²) >= 11 is 8.91. The van der Waals surface area contributed by atoms with Crippen LogP contribution in [0.5, 0.6) is 0 Å². The summed E-state index contributed by atoms with van der Waals surface area (Å²) < 4.78 is 27.8. The second-order valence-electron chi connectivity index (χ2n) is 3.75. The Labute approximate surface area is 116 Å². The summed E-state index contributed by atoms with van der Waals surface area (Å²) in [6.07, 6.45) is 0. The van der Waals surface area contributed by atoms with Crippen LogP contribution >= 0.6 is 27.5 Å². The molecular weight excluding hydrogens is 325 g/mol. The number of aromatic nitrogens is 2. The van der Waals surface area contributed by atoms with Crippen LogP contribution < -0.4 is 0 Å². The Morgan fingerprint density at radius 1 is 1.11 bits per heavy atom. The van der Waals surface area contributed by atoms with Gasteiger partial charge in [-0.2, -0.15) is 0 Å². The SMILES string of the molecule is Cc1nc(Cl)c(-c2c(F)ccc(Br)c2F)nc1C. The molecule has 0 amide bonds. The van der Waals surface area contributed by atoms with Gasteiger partial charge in [0.25, 0.3) is 0 Å². The summed E-state index contributed by atoms with van der Waals surface area (Å²) in [6, 6.07) is 2.44. The lowest BCUT2D eigenvalue weighted by atomic mass is 10.1. The van der Waals surface area contributed by atoms with Gasteiger partial charge in [-0.3, -0.25) is 0 Å².